The number of nitrogens with one attached hydrogen (secondary N) is 1. The zero-order valence-corrected chi connectivity index (χ0v) is 13.2. The summed E-state index contributed by atoms with van der Waals surface area (Å²) in [5, 5.41) is 8.80. The van der Waals surface area contributed by atoms with Gasteiger partial charge in [0.05, 0.1) is 11.6 Å². The lowest BCUT2D eigenvalue weighted by Gasteiger charge is -2.08. The van der Waals surface area contributed by atoms with Crippen molar-refractivity contribution in [1.82, 2.24) is 4.72 Å². The van der Waals surface area contributed by atoms with E-state index in [1.54, 1.807) is 12.1 Å². The highest BCUT2D eigenvalue weighted by molar-refractivity contribution is 7.89. The van der Waals surface area contributed by atoms with Gasteiger partial charge in [-0.2, -0.15) is 0 Å². The summed E-state index contributed by atoms with van der Waals surface area (Å²) < 4.78 is 39.6. The molecule has 0 amide bonds. The molecule has 2 rings (SSSR count). The van der Waals surface area contributed by atoms with Crippen LogP contribution in [0, 0.1) is 5.82 Å². The predicted octanol–water partition coefficient (Wildman–Crippen LogP) is 2.49. The average Bonchev–Trinajstić information content (AvgIpc) is 2.47. The summed E-state index contributed by atoms with van der Waals surface area (Å²) >= 11 is 5.76. The van der Waals surface area contributed by atoms with Gasteiger partial charge < -0.3 is 5.11 Å². The molecule has 0 radical (unpaired) electrons. The molecule has 0 saturated carbocycles. The van der Waals surface area contributed by atoms with Crippen LogP contribution in [-0.2, 0) is 23.1 Å². The van der Waals surface area contributed by atoms with E-state index in [0.29, 0.717) is 6.42 Å². The van der Waals surface area contributed by atoms with E-state index in [1.165, 1.54) is 0 Å². The number of aliphatic hydroxyl groups is 1. The summed E-state index contributed by atoms with van der Waals surface area (Å²) in [6.45, 7) is 0.157. The second-order valence-corrected chi connectivity index (χ2v) is 6.84. The van der Waals surface area contributed by atoms with Gasteiger partial charge in [0.1, 0.15) is 10.7 Å². The number of hydrogen-bond donors (Lipinski definition) is 2. The molecule has 2 aromatic rings. The molecule has 4 nitrogen and oxygen atoms in total. The predicted molar refractivity (Wildman–Crippen MR) is 82.7 cm³/mol. The van der Waals surface area contributed by atoms with Crippen LogP contribution in [0.3, 0.4) is 0 Å². The molecular weight excluding hydrogens is 329 g/mol. The Balaban J connectivity index is 2.00. The van der Waals surface area contributed by atoms with Crippen molar-refractivity contribution >= 4 is 21.6 Å². The Kier molecular flexibility index (Phi) is 5.52. The van der Waals surface area contributed by atoms with Crippen LogP contribution in [0.5, 0.6) is 0 Å². The number of benzene rings is 2. The lowest BCUT2D eigenvalue weighted by Crippen LogP contribution is -2.26. The van der Waals surface area contributed by atoms with Crippen LogP contribution < -0.4 is 4.72 Å². The Labute approximate surface area is 133 Å². The first kappa shape index (κ1) is 16.9. The normalized spacial score (nSPS) is 11.6. The third-order valence-corrected chi connectivity index (χ3v) is 5.04. The van der Waals surface area contributed by atoms with Crippen molar-refractivity contribution in [1.29, 1.82) is 0 Å². The Morgan fingerprint density at radius 3 is 2.32 bits per heavy atom. The molecule has 0 aliphatic rings. The lowest BCUT2D eigenvalue weighted by molar-refractivity contribution is 0.282. The molecule has 0 aliphatic carbocycles. The van der Waals surface area contributed by atoms with Gasteiger partial charge >= 0.3 is 0 Å². The van der Waals surface area contributed by atoms with Crippen molar-refractivity contribution < 1.29 is 17.9 Å². The average molecular weight is 344 g/mol. The molecule has 118 valence electrons. The molecule has 0 spiro atoms. The van der Waals surface area contributed by atoms with Crippen molar-refractivity contribution in [3.8, 4) is 0 Å². The number of aliphatic hydroxyl groups excluding tert-OH is 1. The smallest absolute Gasteiger partial charge is 0.242 e. The van der Waals surface area contributed by atoms with E-state index in [1.807, 2.05) is 12.1 Å². The highest BCUT2D eigenvalue weighted by atomic mass is 35.5. The molecule has 7 heteroatoms. The molecular formula is C15H15ClFNO3S. The molecule has 0 unspecified atom stereocenters. The van der Waals surface area contributed by atoms with Crippen LogP contribution in [-0.4, -0.2) is 20.1 Å². The van der Waals surface area contributed by atoms with E-state index in [2.05, 4.69) is 4.72 Å². The highest BCUT2D eigenvalue weighted by Crippen LogP contribution is 2.21. The van der Waals surface area contributed by atoms with Gasteiger partial charge in [-0.15, -0.1) is 0 Å². The molecule has 0 bridgehead atoms. The summed E-state index contributed by atoms with van der Waals surface area (Å²) in [5.74, 6) is -0.590. The van der Waals surface area contributed by atoms with Gasteiger partial charge in [-0.25, -0.2) is 17.5 Å². The third kappa shape index (κ3) is 4.27. The lowest BCUT2D eigenvalue weighted by atomic mass is 10.1. The Bertz CT molecular complexity index is 748. The number of rotatable bonds is 6. The van der Waals surface area contributed by atoms with E-state index in [4.69, 9.17) is 16.7 Å². The quantitative estimate of drug-likeness (QED) is 0.847. The summed E-state index contributed by atoms with van der Waals surface area (Å²) in [6, 6.07) is 10.4. The molecule has 0 atom stereocenters. The van der Waals surface area contributed by atoms with Gasteiger partial charge in [0.25, 0.3) is 0 Å². The van der Waals surface area contributed by atoms with E-state index in [0.717, 1.165) is 29.3 Å². The van der Waals surface area contributed by atoms with E-state index in [9.17, 15) is 12.8 Å². The van der Waals surface area contributed by atoms with E-state index in [-0.39, 0.29) is 23.1 Å². The first-order valence-corrected chi connectivity index (χ1v) is 8.42. The fraction of sp³-hybridized carbons (Fsp3) is 0.200. The summed E-state index contributed by atoms with van der Waals surface area (Å²) in [5.41, 5.74) is 1.73. The van der Waals surface area contributed by atoms with Crippen molar-refractivity contribution in [2.75, 3.05) is 6.54 Å². The molecule has 22 heavy (non-hydrogen) atoms. The van der Waals surface area contributed by atoms with Crippen LogP contribution >= 0.6 is 11.6 Å². The third-order valence-electron chi connectivity index (χ3n) is 3.09. The first-order valence-electron chi connectivity index (χ1n) is 6.56. The fourth-order valence-corrected chi connectivity index (χ4v) is 3.47. The van der Waals surface area contributed by atoms with Crippen LogP contribution in [0.2, 0.25) is 5.02 Å². The Morgan fingerprint density at radius 1 is 1.09 bits per heavy atom. The standard InChI is InChI=1S/C15H15ClFNO3S/c16-14-9-13(17)5-6-15(14)22(20,21)18-8-7-11-1-3-12(10-19)4-2-11/h1-6,9,18-19H,7-8,10H2. The van der Waals surface area contributed by atoms with Gasteiger partial charge in [0, 0.05) is 6.54 Å². The van der Waals surface area contributed by atoms with Crippen LogP contribution in [0.25, 0.3) is 0 Å². The number of halogens is 2. The van der Waals surface area contributed by atoms with Crippen LogP contribution in [0.15, 0.2) is 47.4 Å². The molecule has 2 aromatic carbocycles. The summed E-state index contributed by atoms with van der Waals surface area (Å²) in [6.07, 6.45) is 0.490. The zero-order chi connectivity index (χ0) is 16.2. The molecule has 2 N–H and O–H groups in total. The van der Waals surface area contributed by atoms with Crippen molar-refractivity contribution in [3.63, 3.8) is 0 Å². The van der Waals surface area contributed by atoms with Crippen molar-refractivity contribution in [2.45, 2.75) is 17.9 Å². The fourth-order valence-electron chi connectivity index (χ4n) is 1.91. The maximum Gasteiger partial charge on any atom is 0.242 e. The summed E-state index contributed by atoms with van der Waals surface area (Å²) in [4.78, 5) is -0.147. The second kappa shape index (κ2) is 7.19. The van der Waals surface area contributed by atoms with Gasteiger partial charge in [-0.1, -0.05) is 35.9 Å². The monoisotopic (exact) mass is 343 g/mol. The van der Waals surface area contributed by atoms with Crippen molar-refractivity contribution in [3.05, 3.63) is 64.4 Å². The number of hydrogen-bond acceptors (Lipinski definition) is 3. The molecule has 0 saturated heterocycles. The maximum absolute atomic E-state index is 13.0. The zero-order valence-electron chi connectivity index (χ0n) is 11.6. The maximum atomic E-state index is 13.0. The van der Waals surface area contributed by atoms with Crippen molar-refractivity contribution in [2.24, 2.45) is 0 Å². The minimum Gasteiger partial charge on any atom is -0.392 e. The SMILES string of the molecule is O=S(=O)(NCCc1ccc(CO)cc1)c1ccc(F)cc1Cl. The molecule has 0 aromatic heterocycles. The van der Waals surface area contributed by atoms with E-state index < -0.39 is 15.8 Å². The van der Waals surface area contributed by atoms with E-state index >= 15 is 0 Å². The summed E-state index contributed by atoms with van der Waals surface area (Å²) in [7, 11) is -3.78. The Hall–Kier alpha value is -1.47. The highest BCUT2D eigenvalue weighted by Gasteiger charge is 2.17. The van der Waals surface area contributed by atoms with Crippen LogP contribution in [0.4, 0.5) is 4.39 Å². The van der Waals surface area contributed by atoms with Gasteiger partial charge in [-0.05, 0) is 35.7 Å². The van der Waals surface area contributed by atoms with Gasteiger partial charge in [-0.3, -0.25) is 0 Å². The minimum absolute atomic E-state index is 0.0318. The molecule has 0 fully saturated rings. The molecule has 0 aliphatic heterocycles. The largest absolute Gasteiger partial charge is 0.392 e. The van der Waals surface area contributed by atoms with Crippen LogP contribution in [0.1, 0.15) is 11.1 Å². The Morgan fingerprint density at radius 2 is 1.73 bits per heavy atom. The molecule has 0 heterocycles. The van der Waals surface area contributed by atoms with Gasteiger partial charge in [0.2, 0.25) is 10.0 Å². The topological polar surface area (TPSA) is 66.4 Å². The minimum atomic E-state index is -3.78. The van der Waals surface area contributed by atoms with Gasteiger partial charge in [0.15, 0.2) is 0 Å². The second-order valence-electron chi connectivity index (χ2n) is 4.70. The first-order chi connectivity index (χ1) is 10.4. The number of sulfonamides is 1.